The van der Waals surface area contributed by atoms with Crippen molar-refractivity contribution in [1.29, 1.82) is 0 Å². The zero-order valence-corrected chi connectivity index (χ0v) is 13.6. The van der Waals surface area contributed by atoms with Gasteiger partial charge in [-0.1, -0.05) is 60.7 Å². The molecule has 1 N–H and O–H groups in total. The van der Waals surface area contributed by atoms with E-state index in [1.165, 1.54) is 11.1 Å². The maximum atomic E-state index is 6.26. The summed E-state index contributed by atoms with van der Waals surface area (Å²) in [6.45, 7) is 1.92. The van der Waals surface area contributed by atoms with Crippen LogP contribution in [0.15, 0.2) is 60.7 Å². The van der Waals surface area contributed by atoms with Crippen LogP contribution in [0.3, 0.4) is 0 Å². The highest BCUT2D eigenvalue weighted by atomic mass is 16.7. The summed E-state index contributed by atoms with van der Waals surface area (Å²) < 4.78 is 12.5. The minimum Gasteiger partial charge on any atom is -0.371 e. The topological polar surface area (TPSA) is 39.7 Å². The van der Waals surface area contributed by atoms with Crippen LogP contribution >= 0.6 is 0 Å². The third-order valence-corrected chi connectivity index (χ3v) is 4.89. The van der Waals surface area contributed by atoms with Crippen molar-refractivity contribution in [2.24, 2.45) is 5.92 Å². The molecule has 4 atom stereocenters. The maximum absolute atomic E-state index is 6.26. The molecule has 1 aliphatic carbocycles. The molecule has 4 rings (SSSR count). The molecule has 4 heteroatoms. The number of rotatable bonds is 6. The molecule has 1 saturated carbocycles. The summed E-state index contributed by atoms with van der Waals surface area (Å²) in [5.74, 6) is 0.356. The molecule has 0 unspecified atom stereocenters. The SMILES string of the molecule is c1ccc(CO[C@@H]2[C@H]3CON[C@H]3C[C@H]2OCc2ccccc2)cc1. The summed E-state index contributed by atoms with van der Waals surface area (Å²) in [7, 11) is 0. The molecule has 2 aromatic carbocycles. The summed E-state index contributed by atoms with van der Waals surface area (Å²) >= 11 is 0. The highest BCUT2D eigenvalue weighted by Crippen LogP contribution is 2.35. The van der Waals surface area contributed by atoms with Crippen LogP contribution in [0.5, 0.6) is 0 Å². The third kappa shape index (κ3) is 3.52. The van der Waals surface area contributed by atoms with E-state index in [0.717, 1.165) is 6.42 Å². The van der Waals surface area contributed by atoms with E-state index in [-0.39, 0.29) is 12.2 Å². The number of hydroxylamine groups is 1. The molecule has 1 saturated heterocycles. The van der Waals surface area contributed by atoms with Crippen LogP contribution in [0, 0.1) is 5.92 Å². The molecular formula is C20H23NO3. The normalized spacial score (nSPS) is 28.8. The molecule has 0 spiro atoms. The second-order valence-electron chi connectivity index (χ2n) is 6.53. The lowest BCUT2D eigenvalue weighted by Crippen LogP contribution is -2.32. The van der Waals surface area contributed by atoms with E-state index < -0.39 is 0 Å². The van der Waals surface area contributed by atoms with Crippen molar-refractivity contribution >= 4 is 0 Å². The van der Waals surface area contributed by atoms with Crippen molar-refractivity contribution in [3.05, 3.63) is 71.8 Å². The standard InChI is InChI=1S/C20H23NO3/c1-3-7-15(8-4-1)12-22-19-11-18-17(14-24-21-18)20(19)23-13-16-9-5-2-6-10-16/h1-10,17-21H,11-14H2/t17-,18-,19+,20+/m0/s1. The molecule has 2 fully saturated rings. The number of hydrogen-bond donors (Lipinski definition) is 1. The van der Waals surface area contributed by atoms with Crippen molar-refractivity contribution in [2.45, 2.75) is 37.9 Å². The van der Waals surface area contributed by atoms with Gasteiger partial charge in [0.05, 0.1) is 32.0 Å². The molecule has 1 aliphatic heterocycles. The average Bonchev–Trinajstić information content (AvgIpc) is 3.21. The molecule has 2 aromatic rings. The van der Waals surface area contributed by atoms with Crippen molar-refractivity contribution in [3.8, 4) is 0 Å². The molecule has 0 aromatic heterocycles. The molecule has 126 valence electrons. The van der Waals surface area contributed by atoms with Crippen LogP contribution in [-0.2, 0) is 27.5 Å². The van der Waals surface area contributed by atoms with Gasteiger partial charge in [0.25, 0.3) is 0 Å². The van der Waals surface area contributed by atoms with E-state index in [1.807, 2.05) is 36.4 Å². The average molecular weight is 325 g/mol. The van der Waals surface area contributed by atoms with Crippen LogP contribution in [-0.4, -0.2) is 24.9 Å². The molecule has 24 heavy (non-hydrogen) atoms. The van der Waals surface area contributed by atoms with Crippen molar-refractivity contribution in [1.82, 2.24) is 5.48 Å². The van der Waals surface area contributed by atoms with E-state index in [1.54, 1.807) is 0 Å². The van der Waals surface area contributed by atoms with Gasteiger partial charge in [-0.2, -0.15) is 5.48 Å². The lowest BCUT2D eigenvalue weighted by molar-refractivity contribution is -0.0917. The van der Waals surface area contributed by atoms with Gasteiger partial charge in [-0.25, -0.2) is 0 Å². The Labute approximate surface area is 142 Å². The van der Waals surface area contributed by atoms with Crippen molar-refractivity contribution in [2.75, 3.05) is 6.61 Å². The van der Waals surface area contributed by atoms with Gasteiger partial charge in [0.2, 0.25) is 0 Å². The first kappa shape index (κ1) is 15.8. The Bertz CT molecular complexity index is 634. The van der Waals surface area contributed by atoms with Gasteiger partial charge >= 0.3 is 0 Å². The number of benzene rings is 2. The Morgan fingerprint density at radius 2 is 1.50 bits per heavy atom. The summed E-state index contributed by atoms with van der Waals surface area (Å²) in [5, 5.41) is 0. The Kier molecular flexibility index (Phi) is 4.90. The first-order valence-electron chi connectivity index (χ1n) is 8.58. The largest absolute Gasteiger partial charge is 0.371 e. The van der Waals surface area contributed by atoms with E-state index in [4.69, 9.17) is 14.3 Å². The Balaban J connectivity index is 1.39. The van der Waals surface area contributed by atoms with Gasteiger partial charge < -0.3 is 14.3 Å². The molecule has 0 amide bonds. The fraction of sp³-hybridized carbons (Fsp3) is 0.400. The molecule has 0 radical (unpaired) electrons. The van der Waals surface area contributed by atoms with Crippen molar-refractivity contribution < 1.29 is 14.3 Å². The lowest BCUT2D eigenvalue weighted by Gasteiger charge is -2.24. The minimum absolute atomic E-state index is 0.0638. The number of fused-ring (bicyclic) bond motifs is 1. The molecule has 0 bridgehead atoms. The van der Waals surface area contributed by atoms with Gasteiger partial charge in [-0.05, 0) is 17.5 Å². The number of nitrogens with one attached hydrogen (secondary N) is 1. The fourth-order valence-electron chi connectivity index (χ4n) is 3.60. The quantitative estimate of drug-likeness (QED) is 0.886. The first-order valence-corrected chi connectivity index (χ1v) is 8.58. The highest BCUT2D eigenvalue weighted by molar-refractivity contribution is 5.14. The first-order chi connectivity index (χ1) is 11.9. The van der Waals surface area contributed by atoms with Crippen LogP contribution < -0.4 is 5.48 Å². The molecular weight excluding hydrogens is 302 g/mol. The Hall–Kier alpha value is -1.72. The van der Waals surface area contributed by atoms with Gasteiger partial charge in [0.15, 0.2) is 0 Å². The third-order valence-electron chi connectivity index (χ3n) is 4.89. The van der Waals surface area contributed by atoms with Gasteiger partial charge in [-0.15, -0.1) is 0 Å². The van der Waals surface area contributed by atoms with Crippen LogP contribution in [0.2, 0.25) is 0 Å². The van der Waals surface area contributed by atoms with Crippen LogP contribution in [0.4, 0.5) is 0 Å². The zero-order chi connectivity index (χ0) is 16.2. The van der Waals surface area contributed by atoms with E-state index in [2.05, 4.69) is 29.7 Å². The Morgan fingerprint density at radius 3 is 2.17 bits per heavy atom. The smallest absolute Gasteiger partial charge is 0.0908 e. The summed E-state index contributed by atoms with van der Waals surface area (Å²) in [6.07, 6.45) is 1.09. The summed E-state index contributed by atoms with van der Waals surface area (Å²) in [4.78, 5) is 5.42. The van der Waals surface area contributed by atoms with Gasteiger partial charge in [0, 0.05) is 12.0 Å². The second kappa shape index (κ2) is 7.45. The summed E-state index contributed by atoms with van der Waals surface area (Å²) in [6, 6.07) is 20.9. The minimum atomic E-state index is 0.0638. The summed E-state index contributed by atoms with van der Waals surface area (Å²) in [5.41, 5.74) is 5.50. The predicted octanol–water partition coefficient (Wildman–Crippen LogP) is 3.08. The van der Waals surface area contributed by atoms with Crippen LogP contribution in [0.1, 0.15) is 17.5 Å². The van der Waals surface area contributed by atoms with E-state index in [0.29, 0.717) is 31.8 Å². The van der Waals surface area contributed by atoms with Crippen molar-refractivity contribution in [3.63, 3.8) is 0 Å². The zero-order valence-electron chi connectivity index (χ0n) is 13.6. The molecule has 2 aliphatic rings. The van der Waals surface area contributed by atoms with Crippen LogP contribution in [0.25, 0.3) is 0 Å². The molecule has 4 nitrogen and oxygen atoms in total. The number of ether oxygens (including phenoxy) is 2. The molecule has 1 heterocycles. The number of hydrogen-bond acceptors (Lipinski definition) is 4. The van der Waals surface area contributed by atoms with Gasteiger partial charge in [-0.3, -0.25) is 0 Å². The fourth-order valence-corrected chi connectivity index (χ4v) is 3.60. The predicted molar refractivity (Wildman–Crippen MR) is 91.0 cm³/mol. The van der Waals surface area contributed by atoms with Gasteiger partial charge in [0.1, 0.15) is 0 Å². The second-order valence-corrected chi connectivity index (χ2v) is 6.53. The monoisotopic (exact) mass is 325 g/mol. The maximum Gasteiger partial charge on any atom is 0.0908 e. The lowest BCUT2D eigenvalue weighted by atomic mass is 10.0. The van der Waals surface area contributed by atoms with E-state index in [9.17, 15) is 0 Å². The Morgan fingerprint density at radius 1 is 0.875 bits per heavy atom. The highest BCUT2D eigenvalue weighted by Gasteiger charge is 2.48. The van der Waals surface area contributed by atoms with E-state index >= 15 is 0 Å².